The molecule has 0 aliphatic heterocycles. The van der Waals surface area contributed by atoms with Gasteiger partial charge in [0.15, 0.2) is 0 Å². The van der Waals surface area contributed by atoms with E-state index in [1.807, 2.05) is 13.8 Å². The Morgan fingerprint density at radius 2 is 1.79 bits per heavy atom. The van der Waals surface area contributed by atoms with Gasteiger partial charge in [-0.05, 0) is 56.3 Å². The minimum absolute atomic E-state index is 0.0860. The Kier molecular flexibility index (Phi) is 7.09. The Morgan fingerprint density at radius 3 is 2.38 bits per heavy atom. The lowest BCUT2D eigenvalue weighted by Gasteiger charge is -2.23. The third-order valence-corrected chi connectivity index (χ3v) is 5.15. The highest BCUT2D eigenvalue weighted by Crippen LogP contribution is 2.33. The number of nitrogens with two attached hydrogens (primary N) is 1. The van der Waals surface area contributed by atoms with Crippen molar-refractivity contribution in [3.8, 4) is 11.1 Å². The third kappa shape index (κ3) is 5.44. The van der Waals surface area contributed by atoms with Crippen molar-refractivity contribution >= 4 is 22.8 Å². The molecule has 0 aliphatic carbocycles. The number of fused-ring (bicyclic) bond motifs is 1. The molecule has 0 bridgehead atoms. The van der Waals surface area contributed by atoms with Gasteiger partial charge >= 0.3 is 6.09 Å². The fourth-order valence-electron chi connectivity index (χ4n) is 3.83. The number of alkyl carbamates (subject to hydrolysis) is 1. The second kappa shape index (κ2) is 9.67. The van der Waals surface area contributed by atoms with Gasteiger partial charge in [0, 0.05) is 34.3 Å². The van der Waals surface area contributed by atoms with Crippen LogP contribution in [0.2, 0.25) is 0 Å². The van der Waals surface area contributed by atoms with Crippen LogP contribution in [0.15, 0.2) is 47.3 Å². The van der Waals surface area contributed by atoms with Crippen molar-refractivity contribution in [2.75, 3.05) is 0 Å². The molecule has 0 saturated carbocycles. The number of hydrogen-bond acceptors (Lipinski definition) is 4. The number of halogens is 1. The molecule has 7 nitrogen and oxygen atoms in total. The first-order valence-electron chi connectivity index (χ1n) is 11.1. The minimum Gasteiger partial charge on any atom is -0.444 e. The van der Waals surface area contributed by atoms with Crippen LogP contribution < -0.4 is 16.6 Å². The van der Waals surface area contributed by atoms with Crippen LogP contribution in [0, 0.1) is 11.7 Å². The molecule has 0 aliphatic rings. The number of primary amides is 1. The molecule has 0 saturated heterocycles. The molecule has 3 N–H and O–H groups in total. The van der Waals surface area contributed by atoms with Crippen LogP contribution in [0.3, 0.4) is 0 Å². The Balaban J connectivity index is 2.35. The van der Waals surface area contributed by atoms with E-state index in [1.54, 1.807) is 43.5 Å². The van der Waals surface area contributed by atoms with Gasteiger partial charge < -0.3 is 20.4 Å². The molecule has 34 heavy (non-hydrogen) atoms. The Morgan fingerprint density at radius 1 is 1.12 bits per heavy atom. The second-order valence-corrected chi connectivity index (χ2v) is 9.59. The van der Waals surface area contributed by atoms with Gasteiger partial charge in [-0.25, -0.2) is 9.18 Å². The number of ether oxygens (including phenoxy) is 1. The molecule has 0 spiro atoms. The monoisotopic (exact) mass is 467 g/mol. The summed E-state index contributed by atoms with van der Waals surface area (Å²) in [5, 5.41) is 3.40. The average molecular weight is 468 g/mol. The van der Waals surface area contributed by atoms with Gasteiger partial charge in [-0.3, -0.25) is 9.59 Å². The van der Waals surface area contributed by atoms with Crippen LogP contribution in [0.1, 0.15) is 50.7 Å². The first kappa shape index (κ1) is 25.0. The van der Waals surface area contributed by atoms with E-state index in [0.29, 0.717) is 28.6 Å². The molecule has 2 aromatic carbocycles. The number of nitrogens with one attached hydrogen (secondary N) is 1. The van der Waals surface area contributed by atoms with Crippen LogP contribution in [0.5, 0.6) is 0 Å². The maximum Gasteiger partial charge on any atom is 0.407 e. The number of rotatable bonds is 6. The zero-order chi connectivity index (χ0) is 25.2. The largest absolute Gasteiger partial charge is 0.444 e. The molecule has 180 valence electrons. The third-order valence-electron chi connectivity index (χ3n) is 5.15. The first-order chi connectivity index (χ1) is 15.9. The normalized spacial score (nSPS) is 11.6. The molecular weight excluding hydrogens is 437 g/mol. The number of aromatic nitrogens is 1. The van der Waals surface area contributed by atoms with Gasteiger partial charge in [0.1, 0.15) is 11.4 Å². The van der Waals surface area contributed by atoms with E-state index < -0.39 is 23.4 Å². The summed E-state index contributed by atoms with van der Waals surface area (Å²) in [5.41, 5.74) is 5.72. The molecule has 1 heterocycles. The predicted octanol–water partition coefficient (Wildman–Crippen LogP) is 4.59. The highest BCUT2D eigenvalue weighted by Gasteiger charge is 2.23. The van der Waals surface area contributed by atoms with Crippen LogP contribution >= 0.6 is 0 Å². The zero-order valence-electron chi connectivity index (χ0n) is 20.1. The quantitative estimate of drug-likeness (QED) is 0.553. The lowest BCUT2D eigenvalue weighted by molar-refractivity contribution is 0.0522. The summed E-state index contributed by atoms with van der Waals surface area (Å²) in [5.74, 6) is -1.07. The topological polar surface area (TPSA) is 103 Å². The van der Waals surface area contributed by atoms with Crippen LogP contribution in [0.25, 0.3) is 21.9 Å². The van der Waals surface area contributed by atoms with Gasteiger partial charge in [0.25, 0.3) is 5.56 Å². The number of pyridine rings is 1. The van der Waals surface area contributed by atoms with Gasteiger partial charge in [0.05, 0.1) is 6.54 Å². The molecule has 2 amide bonds. The van der Waals surface area contributed by atoms with Crippen molar-refractivity contribution in [3.63, 3.8) is 0 Å². The Bertz CT molecular complexity index is 1310. The summed E-state index contributed by atoms with van der Waals surface area (Å²) in [4.78, 5) is 37.8. The zero-order valence-corrected chi connectivity index (χ0v) is 20.1. The van der Waals surface area contributed by atoms with E-state index in [-0.39, 0.29) is 29.1 Å². The second-order valence-electron chi connectivity index (χ2n) is 9.59. The summed E-state index contributed by atoms with van der Waals surface area (Å²) in [6.45, 7) is 9.41. The van der Waals surface area contributed by atoms with E-state index in [9.17, 15) is 14.4 Å². The summed E-state index contributed by atoms with van der Waals surface area (Å²) < 4.78 is 22.0. The fourth-order valence-corrected chi connectivity index (χ4v) is 3.83. The summed E-state index contributed by atoms with van der Waals surface area (Å²) in [6.07, 6.45) is -0.665. The Labute approximate surface area is 197 Å². The summed E-state index contributed by atoms with van der Waals surface area (Å²) in [7, 11) is 0. The lowest BCUT2D eigenvalue weighted by Crippen LogP contribution is -2.35. The molecular formula is C26H30FN3O4. The molecule has 0 fully saturated rings. The molecule has 1 aromatic heterocycles. The maximum atomic E-state index is 15.1. The predicted molar refractivity (Wildman–Crippen MR) is 130 cm³/mol. The van der Waals surface area contributed by atoms with Crippen molar-refractivity contribution in [1.29, 1.82) is 0 Å². The van der Waals surface area contributed by atoms with Crippen molar-refractivity contribution in [2.24, 2.45) is 11.7 Å². The van der Waals surface area contributed by atoms with E-state index >= 15 is 4.39 Å². The summed E-state index contributed by atoms with van der Waals surface area (Å²) >= 11 is 0. The van der Waals surface area contributed by atoms with Crippen LogP contribution in [0.4, 0.5) is 9.18 Å². The lowest BCUT2D eigenvalue weighted by atomic mass is 9.94. The molecule has 0 unspecified atom stereocenters. The van der Waals surface area contributed by atoms with Crippen molar-refractivity contribution in [3.05, 3.63) is 69.9 Å². The maximum absolute atomic E-state index is 15.1. The first-order valence-corrected chi connectivity index (χ1v) is 11.1. The fraction of sp³-hybridized carbons (Fsp3) is 0.346. The molecule has 3 rings (SSSR count). The highest BCUT2D eigenvalue weighted by molar-refractivity contribution is 6.03. The van der Waals surface area contributed by atoms with Crippen molar-refractivity contribution in [1.82, 2.24) is 9.88 Å². The minimum atomic E-state index is -0.712. The van der Waals surface area contributed by atoms with Gasteiger partial charge in [-0.1, -0.05) is 32.0 Å². The van der Waals surface area contributed by atoms with E-state index in [1.165, 1.54) is 24.3 Å². The smallest absolute Gasteiger partial charge is 0.407 e. The Hall–Kier alpha value is -3.68. The van der Waals surface area contributed by atoms with E-state index in [4.69, 9.17) is 10.5 Å². The number of carbonyl (C=O) groups excluding carboxylic acids is 2. The van der Waals surface area contributed by atoms with Crippen LogP contribution in [-0.4, -0.2) is 22.2 Å². The van der Waals surface area contributed by atoms with Crippen molar-refractivity contribution in [2.45, 2.75) is 53.3 Å². The molecule has 0 radical (unpaired) electrons. The average Bonchev–Trinajstić information content (AvgIpc) is 2.73. The number of hydrogen-bond donors (Lipinski definition) is 2. The van der Waals surface area contributed by atoms with Crippen LogP contribution in [-0.2, 0) is 17.8 Å². The standard InChI is InChI=1S/C26H30FN3O4/c1-15(2)14-30-21(13-29-25(33)34-26(3,4)5)22(18-8-6-7-9-20(18)27)19-12-16(23(28)31)10-11-17(19)24(30)32/h6-12,15H,13-14H2,1-5H3,(H2,28,31)(H,29,33). The number of carbonyl (C=O) groups is 2. The molecule has 3 aromatic rings. The van der Waals surface area contributed by atoms with E-state index in [2.05, 4.69) is 5.32 Å². The van der Waals surface area contributed by atoms with Gasteiger partial charge in [-0.2, -0.15) is 0 Å². The van der Waals surface area contributed by atoms with E-state index in [0.717, 1.165) is 0 Å². The number of benzene rings is 2. The van der Waals surface area contributed by atoms with Crippen molar-refractivity contribution < 1.29 is 18.7 Å². The molecule has 8 heteroatoms. The molecule has 0 atom stereocenters. The number of nitrogens with zero attached hydrogens (tertiary/aromatic N) is 1. The summed E-state index contributed by atoms with van der Waals surface area (Å²) in [6, 6.07) is 10.7. The highest BCUT2D eigenvalue weighted by atomic mass is 19.1. The van der Waals surface area contributed by atoms with Gasteiger partial charge in [-0.15, -0.1) is 0 Å². The number of amides is 2. The van der Waals surface area contributed by atoms with Gasteiger partial charge in [0.2, 0.25) is 5.91 Å². The SMILES string of the molecule is CC(C)Cn1c(CNC(=O)OC(C)(C)C)c(-c2ccccc2F)c2cc(C(N)=O)ccc2c1=O.